The summed E-state index contributed by atoms with van der Waals surface area (Å²) in [6.45, 7) is 1.84. The van der Waals surface area contributed by atoms with Crippen molar-refractivity contribution in [1.82, 2.24) is 4.98 Å². The molecule has 1 aromatic heterocycles. The summed E-state index contributed by atoms with van der Waals surface area (Å²) in [5.74, 6) is -0.509. The predicted octanol–water partition coefficient (Wildman–Crippen LogP) is 1.72. The third kappa shape index (κ3) is 3.28. The molecule has 100 valence electrons. The number of esters is 1. The number of pyridine rings is 1. The summed E-state index contributed by atoms with van der Waals surface area (Å²) < 4.78 is 34.8. The molecule has 0 unspecified atom stereocenters. The molecule has 18 heavy (non-hydrogen) atoms. The minimum Gasteiger partial charge on any atom is -0.494 e. The van der Waals surface area contributed by atoms with E-state index in [9.17, 15) is 13.6 Å². The van der Waals surface area contributed by atoms with Crippen molar-refractivity contribution in [3.8, 4) is 5.75 Å². The molecule has 0 aliphatic carbocycles. The van der Waals surface area contributed by atoms with E-state index in [1.54, 1.807) is 6.92 Å². The molecule has 1 aromatic rings. The van der Waals surface area contributed by atoms with Crippen molar-refractivity contribution in [2.75, 3.05) is 19.5 Å². The number of nitrogen functional groups attached to an aromatic ring is 1. The molecule has 1 rings (SSSR count). The molecule has 0 aromatic carbocycles. The number of hydrogen-bond donors (Lipinski definition) is 1. The lowest BCUT2D eigenvalue weighted by atomic mass is 10.2. The van der Waals surface area contributed by atoms with Crippen LogP contribution in [0.2, 0.25) is 0 Å². The van der Waals surface area contributed by atoms with E-state index in [1.165, 1.54) is 7.11 Å². The smallest absolute Gasteiger partial charge is 0.311 e. The normalized spacial score (nSPS) is 10.5. The minimum absolute atomic E-state index is 0.0306. The van der Waals surface area contributed by atoms with Crippen LogP contribution in [0.4, 0.5) is 14.5 Å². The Kier molecular flexibility index (Phi) is 4.82. The maximum absolute atomic E-state index is 12.6. The van der Waals surface area contributed by atoms with Crippen LogP contribution in [0.5, 0.6) is 5.75 Å². The lowest BCUT2D eigenvalue weighted by Crippen LogP contribution is -2.12. The molecular formula is C11H14F2N2O3. The average molecular weight is 260 g/mol. The Morgan fingerprint density at radius 1 is 1.56 bits per heavy atom. The quantitative estimate of drug-likeness (QED) is 0.816. The lowest BCUT2D eigenvalue weighted by Gasteiger charge is -2.11. The summed E-state index contributed by atoms with van der Waals surface area (Å²) in [6.07, 6.45) is -3.03. The number of anilines is 1. The molecule has 0 fully saturated rings. The van der Waals surface area contributed by atoms with Crippen LogP contribution in [0.1, 0.15) is 24.7 Å². The van der Waals surface area contributed by atoms with Crippen molar-refractivity contribution in [1.29, 1.82) is 0 Å². The van der Waals surface area contributed by atoms with Gasteiger partial charge in [-0.25, -0.2) is 13.8 Å². The number of aromatic nitrogens is 1. The second kappa shape index (κ2) is 6.13. The minimum atomic E-state index is -2.76. The second-order valence-corrected chi connectivity index (χ2v) is 3.39. The van der Waals surface area contributed by atoms with E-state index < -0.39 is 18.1 Å². The first-order chi connectivity index (χ1) is 8.49. The zero-order valence-electron chi connectivity index (χ0n) is 10.1. The monoisotopic (exact) mass is 260 g/mol. The summed E-state index contributed by atoms with van der Waals surface area (Å²) in [6, 6.07) is 1.05. The standard InChI is InChI=1S/C11H14F2N2O3/c1-3-18-9(16)5-6-10(14)8(17-2)4-7(15-6)11(12)13/h4,11H,3,5,14H2,1-2H3. The Bertz CT molecular complexity index is 439. The number of carbonyl (C=O) groups excluding carboxylic acids is 1. The van der Waals surface area contributed by atoms with Crippen molar-refractivity contribution in [2.24, 2.45) is 0 Å². The highest BCUT2D eigenvalue weighted by Crippen LogP contribution is 2.29. The van der Waals surface area contributed by atoms with Gasteiger partial charge in [0.15, 0.2) is 0 Å². The van der Waals surface area contributed by atoms with E-state index in [-0.39, 0.29) is 30.2 Å². The van der Waals surface area contributed by atoms with E-state index in [4.69, 9.17) is 15.2 Å². The maximum Gasteiger partial charge on any atom is 0.311 e. The van der Waals surface area contributed by atoms with Crippen LogP contribution >= 0.6 is 0 Å². The van der Waals surface area contributed by atoms with Gasteiger partial charge in [-0.1, -0.05) is 0 Å². The second-order valence-electron chi connectivity index (χ2n) is 3.39. The lowest BCUT2D eigenvalue weighted by molar-refractivity contribution is -0.142. The summed E-state index contributed by atoms with van der Waals surface area (Å²) in [4.78, 5) is 14.9. The number of halogens is 2. The third-order valence-corrected chi connectivity index (χ3v) is 2.18. The van der Waals surface area contributed by atoms with Gasteiger partial charge in [-0.15, -0.1) is 0 Å². The molecule has 0 atom stereocenters. The van der Waals surface area contributed by atoms with Crippen LogP contribution in [-0.2, 0) is 16.0 Å². The fraction of sp³-hybridized carbons (Fsp3) is 0.455. The van der Waals surface area contributed by atoms with Gasteiger partial charge in [-0.2, -0.15) is 0 Å². The molecule has 5 nitrogen and oxygen atoms in total. The van der Waals surface area contributed by atoms with Crippen LogP contribution in [0.3, 0.4) is 0 Å². The summed E-state index contributed by atoms with van der Waals surface area (Å²) >= 11 is 0. The van der Waals surface area contributed by atoms with E-state index in [1.807, 2.05) is 0 Å². The van der Waals surface area contributed by atoms with Crippen molar-refractivity contribution in [2.45, 2.75) is 19.8 Å². The molecule has 0 radical (unpaired) electrons. The van der Waals surface area contributed by atoms with Gasteiger partial charge in [0.2, 0.25) is 0 Å². The number of ether oxygens (including phenoxy) is 2. The molecule has 0 amide bonds. The molecule has 0 aliphatic heterocycles. The summed E-state index contributed by atoms with van der Waals surface area (Å²) in [5, 5.41) is 0. The van der Waals surface area contributed by atoms with Gasteiger partial charge in [-0.3, -0.25) is 4.79 Å². The van der Waals surface area contributed by atoms with E-state index in [0.717, 1.165) is 6.07 Å². The summed E-state index contributed by atoms with van der Waals surface area (Å²) in [5.41, 5.74) is 5.28. The van der Waals surface area contributed by atoms with Gasteiger partial charge in [0.05, 0.1) is 31.5 Å². The Morgan fingerprint density at radius 3 is 2.72 bits per heavy atom. The number of alkyl halides is 2. The van der Waals surface area contributed by atoms with Crippen molar-refractivity contribution >= 4 is 11.7 Å². The molecule has 7 heteroatoms. The van der Waals surface area contributed by atoms with Crippen LogP contribution in [0.25, 0.3) is 0 Å². The number of nitrogens with two attached hydrogens (primary N) is 1. The highest BCUT2D eigenvalue weighted by atomic mass is 19.3. The SMILES string of the molecule is CCOC(=O)Cc1nc(C(F)F)cc(OC)c1N. The van der Waals surface area contributed by atoms with E-state index in [0.29, 0.717) is 0 Å². The van der Waals surface area contributed by atoms with Gasteiger partial charge < -0.3 is 15.2 Å². The van der Waals surface area contributed by atoms with Gasteiger partial charge in [0.25, 0.3) is 6.43 Å². The molecule has 0 saturated carbocycles. The van der Waals surface area contributed by atoms with Crippen LogP contribution in [0, 0.1) is 0 Å². The fourth-order valence-electron chi connectivity index (χ4n) is 1.37. The molecule has 1 heterocycles. The van der Waals surface area contributed by atoms with Gasteiger partial charge in [-0.05, 0) is 6.92 Å². The molecular weight excluding hydrogens is 246 g/mol. The topological polar surface area (TPSA) is 74.4 Å². The maximum atomic E-state index is 12.6. The number of rotatable bonds is 5. The largest absolute Gasteiger partial charge is 0.494 e. The van der Waals surface area contributed by atoms with Crippen molar-refractivity contribution < 1.29 is 23.0 Å². The zero-order valence-corrected chi connectivity index (χ0v) is 10.1. The van der Waals surface area contributed by atoms with Gasteiger partial charge in [0.1, 0.15) is 11.4 Å². The van der Waals surface area contributed by atoms with E-state index in [2.05, 4.69) is 4.98 Å². The van der Waals surface area contributed by atoms with Crippen LogP contribution in [-0.4, -0.2) is 24.7 Å². The van der Waals surface area contributed by atoms with Gasteiger partial charge >= 0.3 is 5.97 Å². The molecule has 0 spiro atoms. The molecule has 0 aliphatic rings. The fourth-order valence-corrected chi connectivity index (χ4v) is 1.37. The van der Waals surface area contributed by atoms with Crippen LogP contribution < -0.4 is 10.5 Å². The Morgan fingerprint density at radius 2 is 2.22 bits per heavy atom. The highest BCUT2D eigenvalue weighted by molar-refractivity contribution is 5.75. The molecule has 0 saturated heterocycles. The first kappa shape index (κ1) is 14.1. The number of carbonyl (C=O) groups is 1. The van der Waals surface area contributed by atoms with Crippen molar-refractivity contribution in [3.05, 3.63) is 17.5 Å². The predicted molar refractivity (Wildman–Crippen MR) is 60.5 cm³/mol. The highest BCUT2D eigenvalue weighted by Gasteiger charge is 2.18. The average Bonchev–Trinajstić information content (AvgIpc) is 2.31. The Labute approximate surface area is 103 Å². The third-order valence-electron chi connectivity index (χ3n) is 2.18. The van der Waals surface area contributed by atoms with E-state index >= 15 is 0 Å². The first-order valence-corrected chi connectivity index (χ1v) is 5.26. The van der Waals surface area contributed by atoms with Gasteiger partial charge in [0, 0.05) is 6.07 Å². The zero-order chi connectivity index (χ0) is 13.7. The van der Waals surface area contributed by atoms with Crippen LogP contribution in [0.15, 0.2) is 6.07 Å². The first-order valence-electron chi connectivity index (χ1n) is 5.26. The van der Waals surface area contributed by atoms with Crippen molar-refractivity contribution in [3.63, 3.8) is 0 Å². The molecule has 0 bridgehead atoms. The Balaban J connectivity index is 3.08. The summed E-state index contributed by atoms with van der Waals surface area (Å²) in [7, 11) is 1.30. The number of hydrogen-bond acceptors (Lipinski definition) is 5. The Hall–Kier alpha value is -1.92. The molecule has 2 N–H and O–H groups in total. The number of nitrogens with zero attached hydrogens (tertiary/aromatic N) is 1. The number of methoxy groups -OCH3 is 1.